The van der Waals surface area contributed by atoms with Crippen LogP contribution >= 0.6 is 0 Å². The quantitative estimate of drug-likeness (QED) is 0.170. The van der Waals surface area contributed by atoms with Crippen molar-refractivity contribution in [2.75, 3.05) is 4.90 Å². The molecule has 0 bridgehead atoms. The van der Waals surface area contributed by atoms with Gasteiger partial charge in [0.2, 0.25) is 0 Å². The average Bonchev–Trinajstić information content (AvgIpc) is 4.00. The summed E-state index contributed by atoms with van der Waals surface area (Å²) in [7, 11) is 0. The summed E-state index contributed by atoms with van der Waals surface area (Å²) in [5, 5.41) is 0. The van der Waals surface area contributed by atoms with E-state index < -0.39 is 0 Å². The molecule has 14 rings (SSSR count). The normalized spacial score (nSPS) is 22.0. The molecule has 342 valence electrons. The first-order chi connectivity index (χ1) is 33.7. The maximum absolute atomic E-state index is 2.67. The topological polar surface area (TPSA) is 3.24 Å². The number of hydrogen-bond acceptors (Lipinski definition) is 1. The molecule has 3 atom stereocenters. The highest BCUT2D eigenvalue weighted by Crippen LogP contribution is 2.67. The Balaban J connectivity index is 1.10. The van der Waals surface area contributed by atoms with Crippen molar-refractivity contribution in [3.63, 3.8) is 0 Å². The second-order valence-electron chi connectivity index (χ2n) is 23.8. The van der Waals surface area contributed by atoms with Gasteiger partial charge >= 0.3 is 0 Å². The summed E-state index contributed by atoms with van der Waals surface area (Å²) in [5.41, 5.74) is 27.9. The summed E-state index contributed by atoms with van der Waals surface area (Å²) >= 11 is 0. The summed E-state index contributed by atoms with van der Waals surface area (Å²) in [6, 6.07) is 64.5. The predicted molar refractivity (Wildman–Crippen MR) is 293 cm³/mol. The number of rotatable bonds is 4. The van der Waals surface area contributed by atoms with E-state index in [0.717, 1.165) is 0 Å². The minimum absolute atomic E-state index is 0.0542. The van der Waals surface area contributed by atoms with Gasteiger partial charge in [-0.15, -0.1) is 0 Å². The molecule has 1 spiro atoms. The lowest BCUT2D eigenvalue weighted by molar-refractivity contribution is 0.332. The minimum Gasteiger partial charge on any atom is -0.310 e. The van der Waals surface area contributed by atoms with Crippen molar-refractivity contribution in [3.05, 3.63) is 244 Å². The number of allylic oxidation sites excluding steroid dienone is 4. The lowest BCUT2D eigenvalue weighted by atomic mass is 9.63. The first kappa shape index (κ1) is 42.0. The van der Waals surface area contributed by atoms with Crippen LogP contribution in [0.25, 0.3) is 44.5 Å². The second-order valence-corrected chi connectivity index (χ2v) is 23.8. The van der Waals surface area contributed by atoms with Gasteiger partial charge in [0.25, 0.3) is 0 Å². The summed E-state index contributed by atoms with van der Waals surface area (Å²) < 4.78 is 0. The SMILES string of the molecule is CC1(C)CCC(C)(C)c2cc(-c3cc4c(cc3N(c3ccc5c(c3)C(C)(C)c3ccccc3-5)c3ccc5c(c3)C(C)(C)c3ccccc3-5)C3(c5ccccc5-4)c4ccccc4C4C=CC=CC43)ccc21. The van der Waals surface area contributed by atoms with Gasteiger partial charge in [-0.3, -0.25) is 0 Å². The molecule has 70 heavy (non-hydrogen) atoms. The van der Waals surface area contributed by atoms with Crippen LogP contribution in [0.3, 0.4) is 0 Å². The number of benzene rings is 8. The van der Waals surface area contributed by atoms with Crippen molar-refractivity contribution in [1.29, 1.82) is 0 Å². The van der Waals surface area contributed by atoms with Crippen LogP contribution in [0.4, 0.5) is 17.1 Å². The zero-order valence-corrected chi connectivity index (χ0v) is 41.9. The van der Waals surface area contributed by atoms with Crippen LogP contribution in [0.5, 0.6) is 0 Å². The van der Waals surface area contributed by atoms with Gasteiger partial charge < -0.3 is 4.90 Å². The number of anilines is 3. The van der Waals surface area contributed by atoms with Crippen LogP contribution in [0, 0.1) is 5.92 Å². The largest absolute Gasteiger partial charge is 0.310 e. The van der Waals surface area contributed by atoms with E-state index in [1.807, 2.05) is 0 Å². The van der Waals surface area contributed by atoms with E-state index in [0.29, 0.717) is 0 Å². The van der Waals surface area contributed by atoms with Gasteiger partial charge in [0, 0.05) is 39.6 Å². The fourth-order valence-corrected chi connectivity index (χ4v) is 14.9. The standard InChI is InChI=1S/C69H61N/c1-65(2)35-36-66(3,4)63-37-42(29-34-59(63)65)52-40-53-49-23-13-18-28-58(49)69(56-26-16-11-21-47(56)48-22-12-17-27-57(48)69)62(53)41-64(52)70(43-30-32-50-45-19-9-14-24-54(45)67(5,6)60(50)38-43)44-31-33-51-46-20-10-15-25-55(46)68(7,8)61(51)39-44/h9-34,37-41,47,56H,35-36H2,1-8H3. The van der Waals surface area contributed by atoms with Gasteiger partial charge in [0.05, 0.1) is 11.1 Å². The molecular formula is C69H61N. The molecule has 1 nitrogen and oxygen atoms in total. The molecule has 0 fully saturated rings. The highest BCUT2D eigenvalue weighted by atomic mass is 15.1. The average molecular weight is 904 g/mol. The van der Waals surface area contributed by atoms with E-state index in [4.69, 9.17) is 0 Å². The zero-order chi connectivity index (χ0) is 47.7. The molecule has 0 radical (unpaired) electrons. The van der Waals surface area contributed by atoms with E-state index in [9.17, 15) is 0 Å². The summed E-state index contributed by atoms with van der Waals surface area (Å²) in [5.74, 6) is 0.515. The molecule has 0 N–H and O–H groups in total. The van der Waals surface area contributed by atoms with Crippen molar-refractivity contribution in [2.45, 2.75) is 101 Å². The Morgan fingerprint density at radius 3 is 1.51 bits per heavy atom. The van der Waals surface area contributed by atoms with E-state index >= 15 is 0 Å². The molecule has 8 aromatic rings. The monoisotopic (exact) mass is 903 g/mol. The summed E-state index contributed by atoms with van der Waals surface area (Å²) in [4.78, 5) is 2.66. The molecule has 6 aliphatic carbocycles. The Morgan fingerprint density at radius 1 is 0.371 bits per heavy atom. The van der Waals surface area contributed by atoms with Crippen LogP contribution in [0.1, 0.15) is 130 Å². The molecule has 8 aromatic carbocycles. The minimum atomic E-state index is -0.377. The van der Waals surface area contributed by atoms with Crippen molar-refractivity contribution in [3.8, 4) is 44.5 Å². The first-order valence-electron chi connectivity index (χ1n) is 25.9. The van der Waals surface area contributed by atoms with Crippen LogP contribution in [0.2, 0.25) is 0 Å². The lowest BCUT2D eigenvalue weighted by Crippen LogP contribution is -2.33. The molecule has 1 heteroatoms. The van der Waals surface area contributed by atoms with Gasteiger partial charge in [0.15, 0.2) is 0 Å². The van der Waals surface area contributed by atoms with Gasteiger partial charge in [-0.25, -0.2) is 0 Å². The number of fused-ring (bicyclic) bond motifs is 17. The van der Waals surface area contributed by atoms with Crippen LogP contribution in [-0.2, 0) is 27.1 Å². The Morgan fingerprint density at radius 2 is 0.886 bits per heavy atom. The predicted octanol–water partition coefficient (Wildman–Crippen LogP) is 17.9. The van der Waals surface area contributed by atoms with Crippen molar-refractivity contribution >= 4 is 17.1 Å². The van der Waals surface area contributed by atoms with Crippen molar-refractivity contribution < 1.29 is 0 Å². The zero-order valence-electron chi connectivity index (χ0n) is 41.9. The Kier molecular flexibility index (Phi) is 8.45. The molecule has 0 aliphatic heterocycles. The molecule has 0 saturated carbocycles. The van der Waals surface area contributed by atoms with E-state index in [1.165, 1.54) is 130 Å². The second kappa shape index (κ2) is 14.1. The molecule has 0 aromatic heterocycles. The Hall–Kier alpha value is -6.96. The molecule has 3 unspecified atom stereocenters. The third-order valence-corrected chi connectivity index (χ3v) is 18.6. The van der Waals surface area contributed by atoms with E-state index in [1.54, 1.807) is 0 Å². The van der Waals surface area contributed by atoms with Gasteiger partial charge in [-0.1, -0.05) is 207 Å². The highest BCUT2D eigenvalue weighted by molar-refractivity contribution is 5.98. The van der Waals surface area contributed by atoms with Crippen molar-refractivity contribution in [1.82, 2.24) is 0 Å². The van der Waals surface area contributed by atoms with E-state index in [-0.39, 0.29) is 38.9 Å². The van der Waals surface area contributed by atoms with Gasteiger partial charge in [-0.2, -0.15) is 0 Å². The smallest absolute Gasteiger partial charge is 0.0543 e. The van der Waals surface area contributed by atoms with E-state index in [2.05, 4.69) is 248 Å². The number of nitrogens with zero attached hydrogens (tertiary/aromatic N) is 1. The Labute approximate surface area is 415 Å². The number of hydrogen-bond donors (Lipinski definition) is 0. The fourth-order valence-electron chi connectivity index (χ4n) is 14.9. The fraction of sp³-hybridized carbons (Fsp3) is 0.246. The molecule has 0 amide bonds. The highest BCUT2D eigenvalue weighted by Gasteiger charge is 2.57. The maximum atomic E-state index is 2.67. The van der Waals surface area contributed by atoms with Crippen LogP contribution in [-0.4, -0.2) is 0 Å². The molecule has 0 saturated heterocycles. The van der Waals surface area contributed by atoms with Gasteiger partial charge in [0.1, 0.15) is 0 Å². The summed E-state index contributed by atoms with van der Waals surface area (Å²) in [6.45, 7) is 19.5. The maximum Gasteiger partial charge on any atom is 0.0543 e. The first-order valence-corrected chi connectivity index (χ1v) is 25.9. The lowest BCUT2D eigenvalue weighted by Gasteiger charge is -2.42. The van der Waals surface area contributed by atoms with Crippen LogP contribution in [0.15, 0.2) is 188 Å². The third-order valence-electron chi connectivity index (χ3n) is 18.6. The summed E-state index contributed by atoms with van der Waals surface area (Å²) in [6.07, 6.45) is 11.9. The Bertz CT molecular complexity index is 3530. The van der Waals surface area contributed by atoms with Crippen molar-refractivity contribution in [2.24, 2.45) is 5.92 Å². The molecule has 0 heterocycles. The molecule has 6 aliphatic rings. The molecular weight excluding hydrogens is 843 g/mol. The third kappa shape index (κ3) is 5.39. The van der Waals surface area contributed by atoms with Gasteiger partial charge in [-0.05, 0) is 155 Å². The van der Waals surface area contributed by atoms with Crippen LogP contribution < -0.4 is 4.90 Å².